The van der Waals surface area contributed by atoms with Gasteiger partial charge in [-0.05, 0) is 44.3 Å². The molecule has 0 spiro atoms. The van der Waals surface area contributed by atoms with Crippen molar-refractivity contribution in [2.24, 2.45) is 0 Å². The number of hydrogen-bond acceptors (Lipinski definition) is 3. The molecule has 3 heteroatoms. The maximum Gasteiger partial charge on any atom is 0.160 e. The van der Waals surface area contributed by atoms with E-state index in [9.17, 15) is 0 Å². The van der Waals surface area contributed by atoms with Crippen LogP contribution in [0.2, 0.25) is 0 Å². The summed E-state index contributed by atoms with van der Waals surface area (Å²) < 4.78 is 11.0. The first-order chi connectivity index (χ1) is 9.45. The predicted octanol–water partition coefficient (Wildman–Crippen LogP) is 3.48. The first kappa shape index (κ1) is 12.5. The summed E-state index contributed by atoms with van der Waals surface area (Å²) in [6.45, 7) is 2.30. The molecule has 2 aliphatic heterocycles. The number of ether oxygens (including phenoxy) is 2. The fourth-order valence-electron chi connectivity index (χ4n) is 3.02. The normalized spacial score (nSPS) is 25.1. The molecular weight excluding hydrogens is 238 g/mol. The Morgan fingerprint density at radius 1 is 1.11 bits per heavy atom. The van der Waals surface area contributed by atoms with E-state index in [1.165, 1.54) is 24.8 Å². The van der Waals surface area contributed by atoms with Gasteiger partial charge in [-0.2, -0.15) is 0 Å². The van der Waals surface area contributed by atoms with Crippen molar-refractivity contribution in [2.45, 2.75) is 38.1 Å². The van der Waals surface area contributed by atoms with Crippen molar-refractivity contribution >= 4 is 0 Å². The fraction of sp³-hybridized carbons (Fsp3) is 0.500. The van der Waals surface area contributed by atoms with Crippen LogP contribution < -0.4 is 0 Å². The molecule has 0 saturated carbocycles. The van der Waals surface area contributed by atoms with Crippen LogP contribution in [0.4, 0.5) is 0 Å². The number of rotatable bonds is 3. The third-order valence-corrected chi connectivity index (χ3v) is 3.95. The standard InChI is InChI=1S/C16H21NO2/c1-3-7-14(8-4-1)16(15-13-18-11-12-19-15)17-9-5-2-6-10-17/h1,3,7,11-13,16H,2,4-6,8-10H2. The lowest BCUT2D eigenvalue weighted by atomic mass is 9.93. The van der Waals surface area contributed by atoms with Gasteiger partial charge in [0.25, 0.3) is 0 Å². The molecule has 19 heavy (non-hydrogen) atoms. The predicted molar refractivity (Wildman–Crippen MR) is 75.1 cm³/mol. The zero-order valence-corrected chi connectivity index (χ0v) is 11.3. The van der Waals surface area contributed by atoms with Crippen LogP contribution in [0.15, 0.2) is 48.3 Å². The van der Waals surface area contributed by atoms with Gasteiger partial charge >= 0.3 is 0 Å². The molecule has 3 rings (SSSR count). The van der Waals surface area contributed by atoms with Gasteiger partial charge in [0, 0.05) is 0 Å². The highest BCUT2D eigenvalue weighted by atomic mass is 16.5. The van der Waals surface area contributed by atoms with E-state index in [4.69, 9.17) is 9.47 Å². The van der Waals surface area contributed by atoms with Gasteiger partial charge in [0.05, 0.1) is 6.04 Å². The second-order valence-corrected chi connectivity index (χ2v) is 5.25. The molecule has 0 aromatic heterocycles. The summed E-state index contributed by atoms with van der Waals surface area (Å²) >= 11 is 0. The third kappa shape index (κ3) is 2.92. The minimum Gasteiger partial charge on any atom is -0.466 e. The van der Waals surface area contributed by atoms with Crippen molar-refractivity contribution in [2.75, 3.05) is 13.1 Å². The van der Waals surface area contributed by atoms with Crippen molar-refractivity contribution in [3.8, 4) is 0 Å². The van der Waals surface area contributed by atoms with Gasteiger partial charge in [-0.25, -0.2) is 0 Å². The topological polar surface area (TPSA) is 21.7 Å². The molecule has 0 aromatic rings. The highest BCUT2D eigenvalue weighted by Gasteiger charge is 2.29. The second-order valence-electron chi connectivity index (χ2n) is 5.25. The average Bonchev–Trinajstić information content (AvgIpc) is 2.51. The molecule has 3 nitrogen and oxygen atoms in total. The van der Waals surface area contributed by atoms with Crippen molar-refractivity contribution in [3.63, 3.8) is 0 Å². The number of piperidine rings is 1. The molecule has 1 atom stereocenters. The zero-order valence-electron chi connectivity index (χ0n) is 11.3. The maximum absolute atomic E-state index is 5.70. The molecule has 3 aliphatic rings. The SMILES string of the molecule is C1=CCCC(C(C2=COC=CO2)N2CCCCC2)=C1. The Kier molecular flexibility index (Phi) is 4.04. The largest absolute Gasteiger partial charge is 0.466 e. The van der Waals surface area contributed by atoms with E-state index in [1.54, 1.807) is 18.8 Å². The monoisotopic (exact) mass is 259 g/mol. The van der Waals surface area contributed by atoms with Gasteiger partial charge in [0.1, 0.15) is 18.8 Å². The molecule has 1 unspecified atom stereocenters. The van der Waals surface area contributed by atoms with Crippen LogP contribution >= 0.6 is 0 Å². The summed E-state index contributed by atoms with van der Waals surface area (Å²) in [7, 11) is 0. The van der Waals surface area contributed by atoms with Gasteiger partial charge in [-0.3, -0.25) is 4.90 Å². The Balaban J connectivity index is 1.83. The van der Waals surface area contributed by atoms with Crippen molar-refractivity contribution in [3.05, 3.63) is 48.3 Å². The van der Waals surface area contributed by atoms with Crippen LogP contribution in [0.3, 0.4) is 0 Å². The van der Waals surface area contributed by atoms with Gasteiger partial charge in [0.2, 0.25) is 0 Å². The highest BCUT2D eigenvalue weighted by Crippen LogP contribution is 2.29. The molecule has 1 saturated heterocycles. The summed E-state index contributed by atoms with van der Waals surface area (Å²) in [5, 5.41) is 0. The van der Waals surface area contributed by atoms with E-state index in [1.807, 2.05) is 0 Å². The highest BCUT2D eigenvalue weighted by molar-refractivity contribution is 5.29. The van der Waals surface area contributed by atoms with Crippen LogP contribution in [0.25, 0.3) is 0 Å². The molecule has 102 valence electrons. The molecule has 0 amide bonds. The molecule has 2 heterocycles. The molecule has 0 aromatic carbocycles. The first-order valence-electron chi connectivity index (χ1n) is 7.22. The van der Waals surface area contributed by atoms with Gasteiger partial charge in [-0.1, -0.05) is 24.6 Å². The fourth-order valence-corrected chi connectivity index (χ4v) is 3.02. The van der Waals surface area contributed by atoms with Crippen molar-refractivity contribution in [1.29, 1.82) is 0 Å². The van der Waals surface area contributed by atoms with E-state index >= 15 is 0 Å². The first-order valence-corrected chi connectivity index (χ1v) is 7.22. The summed E-state index contributed by atoms with van der Waals surface area (Å²) in [5.74, 6) is 0.922. The minimum atomic E-state index is 0.246. The Morgan fingerprint density at radius 2 is 2.00 bits per heavy atom. The lowest BCUT2D eigenvalue weighted by Crippen LogP contribution is -2.42. The van der Waals surface area contributed by atoms with E-state index < -0.39 is 0 Å². The molecule has 0 N–H and O–H groups in total. The Labute approximate surface area is 114 Å². The lowest BCUT2D eigenvalue weighted by Gasteiger charge is -2.37. The van der Waals surface area contributed by atoms with Crippen LogP contribution in [0, 0.1) is 0 Å². The minimum absolute atomic E-state index is 0.246. The van der Waals surface area contributed by atoms with Gasteiger partial charge in [-0.15, -0.1) is 0 Å². The zero-order chi connectivity index (χ0) is 12.9. The van der Waals surface area contributed by atoms with Crippen molar-refractivity contribution < 1.29 is 9.47 Å². The molecule has 1 fully saturated rings. The second kappa shape index (κ2) is 6.11. The quantitative estimate of drug-likeness (QED) is 0.774. The number of allylic oxidation sites excluding steroid dienone is 3. The van der Waals surface area contributed by atoms with Crippen molar-refractivity contribution in [1.82, 2.24) is 4.90 Å². The Morgan fingerprint density at radius 3 is 2.68 bits per heavy atom. The number of likely N-dealkylation sites (tertiary alicyclic amines) is 1. The number of nitrogens with zero attached hydrogens (tertiary/aromatic N) is 1. The molecule has 0 bridgehead atoms. The van der Waals surface area contributed by atoms with Crippen LogP contribution in [-0.2, 0) is 9.47 Å². The van der Waals surface area contributed by atoms with E-state index in [2.05, 4.69) is 23.1 Å². The smallest absolute Gasteiger partial charge is 0.160 e. The molecule has 1 aliphatic carbocycles. The summed E-state index contributed by atoms with van der Waals surface area (Å²) in [4.78, 5) is 2.53. The van der Waals surface area contributed by atoms with Gasteiger partial charge in [0.15, 0.2) is 5.76 Å². The molecule has 0 radical (unpaired) electrons. The van der Waals surface area contributed by atoms with Crippen LogP contribution in [-0.4, -0.2) is 24.0 Å². The summed E-state index contributed by atoms with van der Waals surface area (Å²) in [6.07, 6.45) is 17.7. The summed E-state index contributed by atoms with van der Waals surface area (Å²) in [6, 6.07) is 0.246. The Bertz CT molecular complexity index is 428. The van der Waals surface area contributed by atoms with Gasteiger partial charge < -0.3 is 9.47 Å². The number of hydrogen-bond donors (Lipinski definition) is 0. The van der Waals surface area contributed by atoms with E-state index in [0.29, 0.717) is 0 Å². The van der Waals surface area contributed by atoms with E-state index in [-0.39, 0.29) is 6.04 Å². The van der Waals surface area contributed by atoms with Crippen LogP contribution in [0.1, 0.15) is 32.1 Å². The molecular formula is C16H21NO2. The van der Waals surface area contributed by atoms with E-state index in [0.717, 1.165) is 31.7 Å². The maximum atomic E-state index is 5.70. The summed E-state index contributed by atoms with van der Waals surface area (Å²) in [5.41, 5.74) is 1.44. The Hall–Kier alpha value is -1.48. The lowest BCUT2D eigenvalue weighted by molar-refractivity contribution is 0.141. The third-order valence-electron chi connectivity index (χ3n) is 3.95. The average molecular weight is 259 g/mol. The van der Waals surface area contributed by atoms with Crippen LogP contribution in [0.5, 0.6) is 0 Å².